The number of rotatable bonds is 8. The zero-order chi connectivity index (χ0) is 23.6. The van der Waals surface area contributed by atoms with E-state index in [1.165, 1.54) is 18.7 Å². The largest absolute Gasteiger partial charge is 0.363 e. The molecule has 2 aliphatic heterocycles. The molecule has 2 N–H and O–H groups in total. The zero-order valence-corrected chi connectivity index (χ0v) is 20.2. The van der Waals surface area contributed by atoms with Gasteiger partial charge in [-0.15, -0.1) is 0 Å². The number of aromatic nitrogens is 7. The summed E-state index contributed by atoms with van der Waals surface area (Å²) >= 11 is 0. The predicted molar refractivity (Wildman–Crippen MR) is 137 cm³/mol. The van der Waals surface area contributed by atoms with E-state index in [2.05, 4.69) is 53.8 Å². The highest BCUT2D eigenvalue weighted by molar-refractivity contribution is 5.84. The Balaban J connectivity index is 1.17. The van der Waals surface area contributed by atoms with Gasteiger partial charge in [0.05, 0.1) is 12.0 Å². The molecule has 6 heterocycles. The number of fused-ring (bicyclic) bond motifs is 2. The number of hydrogen-bond donors (Lipinski definition) is 2. The number of hydrogen-bond acceptors (Lipinski definition) is 8. The fourth-order valence-electron chi connectivity index (χ4n) is 5.07. The number of anilines is 3. The first kappa shape index (κ1) is 21.8. The first-order valence-electron chi connectivity index (χ1n) is 12.7. The lowest BCUT2D eigenvalue weighted by Gasteiger charge is -2.18. The predicted octanol–water partition coefficient (Wildman–Crippen LogP) is 3.12. The molecule has 0 saturated carbocycles. The van der Waals surface area contributed by atoms with Crippen LogP contribution in [0.5, 0.6) is 0 Å². The molecule has 6 rings (SSSR count). The van der Waals surface area contributed by atoms with Crippen LogP contribution >= 0.6 is 0 Å². The molecule has 0 bridgehead atoms. The molecule has 1 fully saturated rings. The van der Waals surface area contributed by atoms with Gasteiger partial charge in [0.2, 0.25) is 5.95 Å². The highest BCUT2D eigenvalue weighted by Crippen LogP contribution is 2.25. The fraction of sp³-hybridized carbons (Fsp3) is 0.480. The maximum Gasteiger partial charge on any atom is 0.226 e. The second-order valence-electron chi connectivity index (χ2n) is 9.34. The Kier molecular flexibility index (Phi) is 5.93. The molecule has 1 saturated heterocycles. The number of pyridine rings is 1. The van der Waals surface area contributed by atoms with E-state index in [1.807, 2.05) is 24.7 Å². The molecule has 0 aromatic carbocycles. The summed E-state index contributed by atoms with van der Waals surface area (Å²) in [6, 6.07) is 6.32. The quantitative estimate of drug-likeness (QED) is 0.403. The Morgan fingerprint density at radius 2 is 2.06 bits per heavy atom. The number of nitrogens with one attached hydrogen (secondary N) is 2. The minimum atomic E-state index is 0.270. The molecule has 0 amide bonds. The average Bonchev–Trinajstić information content (AvgIpc) is 3.62. The monoisotopic (exact) mass is 472 g/mol. The molecular formula is C25H32N10. The molecule has 4 aromatic rings. The SMILES string of the molecule is CCn1cnc2c(N[C@@H]3CCN(c4ccccn4)C3)nc(NCCc3cn4c(n3)CCCC4)nc21. The highest BCUT2D eigenvalue weighted by atomic mass is 15.3. The maximum atomic E-state index is 4.84. The summed E-state index contributed by atoms with van der Waals surface area (Å²) < 4.78 is 4.37. The third kappa shape index (κ3) is 4.52. The lowest BCUT2D eigenvalue weighted by atomic mass is 10.2. The van der Waals surface area contributed by atoms with Crippen molar-refractivity contribution in [3.63, 3.8) is 0 Å². The molecule has 0 spiro atoms. The standard InChI is InChI=1S/C25H32N10/c1-2-33-17-28-22-23(30-19-10-14-35(16-19)20-7-3-5-11-26-20)31-25(32-24(22)33)27-12-9-18-15-34-13-6-4-8-21(34)29-18/h3,5,7,11,15,17,19H,2,4,6,8-10,12-14,16H2,1H3,(H2,27,30,31,32)/t19-/m1/s1. The number of aryl methyl sites for hydroxylation is 3. The summed E-state index contributed by atoms with van der Waals surface area (Å²) in [5, 5.41) is 7.08. The van der Waals surface area contributed by atoms with Crippen LogP contribution in [0, 0.1) is 0 Å². The summed E-state index contributed by atoms with van der Waals surface area (Å²) in [4.78, 5) is 25.9. The summed E-state index contributed by atoms with van der Waals surface area (Å²) in [6.45, 7) is 6.58. The van der Waals surface area contributed by atoms with Gasteiger partial charge in [0.1, 0.15) is 11.6 Å². The molecule has 0 radical (unpaired) electrons. The highest BCUT2D eigenvalue weighted by Gasteiger charge is 2.25. The molecule has 2 aliphatic rings. The second-order valence-corrected chi connectivity index (χ2v) is 9.34. The van der Waals surface area contributed by atoms with Crippen LogP contribution in [0.4, 0.5) is 17.6 Å². The summed E-state index contributed by atoms with van der Waals surface area (Å²) in [5.41, 5.74) is 2.80. The van der Waals surface area contributed by atoms with Crippen LogP contribution in [0.15, 0.2) is 36.9 Å². The van der Waals surface area contributed by atoms with E-state index in [0.29, 0.717) is 5.95 Å². The third-order valence-corrected chi connectivity index (χ3v) is 6.93. The summed E-state index contributed by atoms with van der Waals surface area (Å²) in [5.74, 6) is 3.65. The van der Waals surface area contributed by atoms with Gasteiger partial charge in [-0.25, -0.2) is 15.0 Å². The van der Waals surface area contributed by atoms with Gasteiger partial charge in [-0.1, -0.05) is 6.07 Å². The van der Waals surface area contributed by atoms with Crippen LogP contribution in [-0.4, -0.2) is 59.7 Å². The molecule has 10 heteroatoms. The van der Waals surface area contributed by atoms with Crippen molar-refractivity contribution in [2.45, 2.75) is 58.2 Å². The van der Waals surface area contributed by atoms with Crippen molar-refractivity contribution >= 4 is 28.7 Å². The van der Waals surface area contributed by atoms with Gasteiger partial charge in [-0.2, -0.15) is 9.97 Å². The van der Waals surface area contributed by atoms with Crippen LogP contribution in [-0.2, 0) is 25.9 Å². The Morgan fingerprint density at radius 1 is 1.09 bits per heavy atom. The lowest BCUT2D eigenvalue weighted by Crippen LogP contribution is -2.27. The Hall–Kier alpha value is -3.69. The Labute approximate surface area is 204 Å². The lowest BCUT2D eigenvalue weighted by molar-refractivity contribution is 0.522. The van der Waals surface area contributed by atoms with Crippen molar-refractivity contribution in [2.24, 2.45) is 0 Å². The summed E-state index contributed by atoms with van der Waals surface area (Å²) in [6.07, 6.45) is 11.3. The minimum absolute atomic E-state index is 0.270. The molecule has 0 aliphatic carbocycles. The molecule has 1 atom stereocenters. The van der Waals surface area contributed by atoms with Crippen molar-refractivity contribution in [1.82, 2.24) is 34.1 Å². The number of imidazole rings is 2. The van der Waals surface area contributed by atoms with Crippen molar-refractivity contribution in [1.29, 1.82) is 0 Å². The van der Waals surface area contributed by atoms with Crippen LogP contribution < -0.4 is 15.5 Å². The maximum absolute atomic E-state index is 4.84. The van der Waals surface area contributed by atoms with Crippen molar-refractivity contribution in [3.05, 3.63) is 48.4 Å². The van der Waals surface area contributed by atoms with Gasteiger partial charge >= 0.3 is 0 Å². The van der Waals surface area contributed by atoms with E-state index in [-0.39, 0.29) is 6.04 Å². The second kappa shape index (κ2) is 9.52. The Bertz CT molecular complexity index is 1270. The van der Waals surface area contributed by atoms with Gasteiger partial charge < -0.3 is 24.7 Å². The van der Waals surface area contributed by atoms with Gasteiger partial charge in [0.15, 0.2) is 17.0 Å². The molecule has 0 unspecified atom stereocenters. The fourth-order valence-corrected chi connectivity index (χ4v) is 5.07. The normalized spacial score (nSPS) is 17.6. The van der Waals surface area contributed by atoms with Crippen LogP contribution in [0.2, 0.25) is 0 Å². The first-order valence-corrected chi connectivity index (χ1v) is 12.7. The van der Waals surface area contributed by atoms with E-state index in [4.69, 9.17) is 15.0 Å². The van der Waals surface area contributed by atoms with Crippen LogP contribution in [0.1, 0.15) is 37.7 Å². The molecule has 182 valence electrons. The first-order chi connectivity index (χ1) is 17.3. The molecule has 4 aromatic heterocycles. The minimum Gasteiger partial charge on any atom is -0.363 e. The third-order valence-electron chi connectivity index (χ3n) is 6.93. The van der Waals surface area contributed by atoms with Gasteiger partial charge in [-0.3, -0.25) is 0 Å². The smallest absolute Gasteiger partial charge is 0.226 e. The van der Waals surface area contributed by atoms with Crippen molar-refractivity contribution in [2.75, 3.05) is 35.2 Å². The zero-order valence-electron chi connectivity index (χ0n) is 20.2. The van der Waals surface area contributed by atoms with Gasteiger partial charge in [-0.05, 0) is 38.3 Å². The van der Waals surface area contributed by atoms with Gasteiger partial charge in [0, 0.05) is 64.0 Å². The van der Waals surface area contributed by atoms with Crippen molar-refractivity contribution < 1.29 is 0 Å². The van der Waals surface area contributed by atoms with Crippen molar-refractivity contribution in [3.8, 4) is 0 Å². The molecule has 35 heavy (non-hydrogen) atoms. The number of nitrogens with zero attached hydrogens (tertiary/aromatic N) is 8. The van der Waals surface area contributed by atoms with E-state index in [0.717, 1.165) is 80.5 Å². The van der Waals surface area contributed by atoms with E-state index >= 15 is 0 Å². The van der Waals surface area contributed by atoms with Crippen LogP contribution in [0.25, 0.3) is 11.2 Å². The molecule has 10 nitrogen and oxygen atoms in total. The molecular weight excluding hydrogens is 440 g/mol. The Morgan fingerprint density at radius 3 is 2.91 bits per heavy atom. The summed E-state index contributed by atoms with van der Waals surface area (Å²) in [7, 11) is 0. The topological polar surface area (TPSA) is 102 Å². The van der Waals surface area contributed by atoms with E-state index in [9.17, 15) is 0 Å². The average molecular weight is 473 g/mol. The van der Waals surface area contributed by atoms with E-state index in [1.54, 1.807) is 0 Å². The van der Waals surface area contributed by atoms with E-state index < -0.39 is 0 Å². The van der Waals surface area contributed by atoms with Crippen LogP contribution in [0.3, 0.4) is 0 Å². The van der Waals surface area contributed by atoms with Gasteiger partial charge in [0.25, 0.3) is 0 Å².